The first-order chi connectivity index (χ1) is 15.3. The molecule has 12 N–H and O–H groups in total. The van der Waals surface area contributed by atoms with Crippen LogP contribution in [0, 0.1) is 0 Å². The van der Waals surface area contributed by atoms with E-state index in [0.717, 1.165) is 0 Å². The number of hydrogen-bond acceptors (Lipinski definition) is 8. The number of guanidine groups is 1. The number of aliphatic hydroxyl groups is 1. The maximum absolute atomic E-state index is 12.7. The summed E-state index contributed by atoms with van der Waals surface area (Å²) in [5.41, 5.74) is 15.8. The Balaban J connectivity index is 5.40. The number of aliphatic hydroxyl groups excluding tert-OH is 1. The summed E-state index contributed by atoms with van der Waals surface area (Å²) in [5, 5.41) is 34.8. The Bertz CT molecular complexity index is 737. The maximum atomic E-state index is 12.7. The molecule has 15 heteroatoms. The molecule has 0 fully saturated rings. The predicted octanol–water partition coefficient (Wildman–Crippen LogP) is -3.83. The Morgan fingerprint density at radius 1 is 0.879 bits per heavy atom. The highest BCUT2D eigenvalue weighted by Crippen LogP contribution is 2.05. The number of carbonyl (C=O) groups is 5. The lowest BCUT2D eigenvalue weighted by atomic mass is 10.1. The molecule has 33 heavy (non-hydrogen) atoms. The fraction of sp³-hybridized carbons (Fsp3) is 0.667. The SMILES string of the molecule is CC(N)C(=O)NC(C(=O)NC(CCC(=O)O)C(=O)NC(CCCN=C(N)N)C(=O)O)C(C)O. The summed E-state index contributed by atoms with van der Waals surface area (Å²) in [6.45, 7) is 2.69. The van der Waals surface area contributed by atoms with Crippen molar-refractivity contribution in [1.29, 1.82) is 0 Å². The van der Waals surface area contributed by atoms with Gasteiger partial charge in [0.1, 0.15) is 18.1 Å². The van der Waals surface area contributed by atoms with Crippen LogP contribution in [0.2, 0.25) is 0 Å². The van der Waals surface area contributed by atoms with Gasteiger partial charge in [0.25, 0.3) is 0 Å². The van der Waals surface area contributed by atoms with Crippen molar-refractivity contribution in [1.82, 2.24) is 16.0 Å². The monoisotopic (exact) mass is 475 g/mol. The number of carboxylic acids is 2. The number of nitrogens with zero attached hydrogens (tertiary/aromatic N) is 1. The Kier molecular flexibility index (Phi) is 13.0. The van der Waals surface area contributed by atoms with Gasteiger partial charge in [0.2, 0.25) is 17.7 Å². The zero-order chi connectivity index (χ0) is 25.7. The van der Waals surface area contributed by atoms with E-state index in [4.69, 9.17) is 22.3 Å². The van der Waals surface area contributed by atoms with Crippen molar-refractivity contribution < 1.29 is 39.3 Å². The van der Waals surface area contributed by atoms with Crippen LogP contribution in [-0.4, -0.2) is 87.8 Å². The van der Waals surface area contributed by atoms with Gasteiger partial charge in [-0.15, -0.1) is 0 Å². The third kappa shape index (κ3) is 12.2. The molecule has 0 spiro atoms. The molecule has 188 valence electrons. The molecule has 0 aliphatic rings. The molecular weight excluding hydrogens is 442 g/mol. The Morgan fingerprint density at radius 2 is 1.45 bits per heavy atom. The molecule has 0 heterocycles. The summed E-state index contributed by atoms with van der Waals surface area (Å²) >= 11 is 0. The number of rotatable bonds is 15. The molecule has 0 rings (SSSR count). The molecule has 0 saturated carbocycles. The molecule has 0 saturated heterocycles. The van der Waals surface area contributed by atoms with E-state index < -0.39 is 66.4 Å². The quantitative estimate of drug-likeness (QED) is 0.0628. The largest absolute Gasteiger partial charge is 0.481 e. The van der Waals surface area contributed by atoms with Crippen LogP contribution in [-0.2, 0) is 24.0 Å². The zero-order valence-electron chi connectivity index (χ0n) is 18.5. The Morgan fingerprint density at radius 3 is 1.91 bits per heavy atom. The lowest BCUT2D eigenvalue weighted by Crippen LogP contribution is -2.59. The van der Waals surface area contributed by atoms with Crippen molar-refractivity contribution in [3.63, 3.8) is 0 Å². The van der Waals surface area contributed by atoms with Gasteiger partial charge in [0, 0.05) is 13.0 Å². The molecule has 0 aliphatic carbocycles. The van der Waals surface area contributed by atoms with Crippen LogP contribution < -0.4 is 33.2 Å². The minimum absolute atomic E-state index is 0.0435. The van der Waals surface area contributed by atoms with Gasteiger partial charge in [-0.1, -0.05) is 0 Å². The molecule has 0 aliphatic heterocycles. The first-order valence-corrected chi connectivity index (χ1v) is 10.1. The van der Waals surface area contributed by atoms with E-state index in [1.54, 1.807) is 0 Å². The molecule has 0 aromatic rings. The van der Waals surface area contributed by atoms with E-state index in [-0.39, 0.29) is 31.8 Å². The molecule has 0 radical (unpaired) electrons. The van der Waals surface area contributed by atoms with Crippen LogP contribution >= 0.6 is 0 Å². The highest BCUT2D eigenvalue weighted by atomic mass is 16.4. The minimum Gasteiger partial charge on any atom is -0.481 e. The minimum atomic E-state index is -1.49. The zero-order valence-corrected chi connectivity index (χ0v) is 18.5. The van der Waals surface area contributed by atoms with Gasteiger partial charge in [-0.2, -0.15) is 0 Å². The number of hydrogen-bond donors (Lipinski definition) is 9. The average Bonchev–Trinajstić information content (AvgIpc) is 2.69. The number of aliphatic imine (C=N–C) groups is 1. The normalized spacial score (nSPS) is 15.2. The van der Waals surface area contributed by atoms with E-state index in [9.17, 15) is 34.2 Å². The molecular formula is C18H33N7O8. The summed E-state index contributed by atoms with van der Waals surface area (Å²) in [6.07, 6.45) is -2.10. The van der Waals surface area contributed by atoms with Crippen molar-refractivity contribution >= 4 is 35.6 Å². The molecule has 15 nitrogen and oxygen atoms in total. The van der Waals surface area contributed by atoms with E-state index in [0.29, 0.717) is 0 Å². The van der Waals surface area contributed by atoms with Crippen molar-refractivity contribution in [3.05, 3.63) is 0 Å². The van der Waals surface area contributed by atoms with E-state index in [2.05, 4.69) is 20.9 Å². The van der Waals surface area contributed by atoms with Crippen molar-refractivity contribution in [2.45, 2.75) is 69.8 Å². The lowest BCUT2D eigenvalue weighted by molar-refractivity contribution is -0.143. The van der Waals surface area contributed by atoms with Gasteiger partial charge in [0.05, 0.1) is 12.1 Å². The second kappa shape index (κ2) is 14.6. The van der Waals surface area contributed by atoms with Gasteiger partial charge >= 0.3 is 11.9 Å². The first kappa shape index (κ1) is 29.5. The molecule has 5 unspecified atom stereocenters. The van der Waals surface area contributed by atoms with E-state index in [1.807, 2.05) is 0 Å². The third-order valence-corrected chi connectivity index (χ3v) is 4.32. The number of nitrogens with two attached hydrogens (primary N) is 3. The van der Waals surface area contributed by atoms with Crippen molar-refractivity contribution in [3.8, 4) is 0 Å². The van der Waals surface area contributed by atoms with Crippen molar-refractivity contribution in [2.75, 3.05) is 6.54 Å². The van der Waals surface area contributed by atoms with Gasteiger partial charge in [-0.25, -0.2) is 4.79 Å². The number of amides is 3. The van der Waals surface area contributed by atoms with Gasteiger partial charge in [0.15, 0.2) is 5.96 Å². The molecule has 0 aromatic heterocycles. The Hall–Kier alpha value is -3.46. The fourth-order valence-corrected chi connectivity index (χ4v) is 2.52. The van der Waals surface area contributed by atoms with Crippen molar-refractivity contribution in [2.24, 2.45) is 22.2 Å². The van der Waals surface area contributed by atoms with Gasteiger partial charge < -0.3 is 48.5 Å². The fourth-order valence-electron chi connectivity index (χ4n) is 2.52. The highest BCUT2D eigenvalue weighted by Gasteiger charge is 2.32. The first-order valence-electron chi connectivity index (χ1n) is 10.1. The maximum Gasteiger partial charge on any atom is 0.326 e. The second-order valence-corrected chi connectivity index (χ2v) is 7.36. The Labute approximate surface area is 190 Å². The van der Waals surface area contributed by atoms with Gasteiger partial charge in [-0.05, 0) is 33.1 Å². The lowest BCUT2D eigenvalue weighted by Gasteiger charge is -2.26. The van der Waals surface area contributed by atoms with Gasteiger partial charge in [-0.3, -0.25) is 24.2 Å². The smallest absolute Gasteiger partial charge is 0.326 e. The third-order valence-electron chi connectivity index (χ3n) is 4.32. The van der Waals surface area contributed by atoms with Crippen LogP contribution in [0.15, 0.2) is 4.99 Å². The average molecular weight is 476 g/mol. The molecule has 3 amide bonds. The second-order valence-electron chi connectivity index (χ2n) is 7.36. The number of carbonyl (C=O) groups excluding carboxylic acids is 3. The van der Waals surface area contributed by atoms with E-state index >= 15 is 0 Å². The standard InChI is InChI=1S/C18H33N7O8/c1-8(19)14(29)25-13(9(2)26)16(31)23-10(5-6-12(27)28)15(30)24-11(17(32)33)4-3-7-22-18(20)21/h8-11,13,26H,3-7,19H2,1-2H3,(H,23,31)(H,24,30)(H,25,29)(H,27,28)(H,32,33)(H4,20,21,22). The molecule has 5 atom stereocenters. The summed E-state index contributed by atoms with van der Waals surface area (Å²) < 4.78 is 0. The van der Waals surface area contributed by atoms with E-state index in [1.165, 1.54) is 13.8 Å². The summed E-state index contributed by atoms with van der Waals surface area (Å²) in [5.74, 6) is -5.47. The van der Waals surface area contributed by atoms with Crippen LogP contribution in [0.25, 0.3) is 0 Å². The van der Waals surface area contributed by atoms with Crippen LogP contribution in [0.4, 0.5) is 0 Å². The molecule has 0 aromatic carbocycles. The molecule has 0 bridgehead atoms. The number of carboxylic acid groups (broad SMARTS) is 2. The summed E-state index contributed by atoms with van der Waals surface area (Å²) in [6, 6.07) is -5.29. The number of nitrogens with one attached hydrogen (secondary N) is 3. The summed E-state index contributed by atoms with van der Waals surface area (Å²) in [7, 11) is 0. The van der Waals surface area contributed by atoms with Crippen LogP contribution in [0.1, 0.15) is 39.5 Å². The van der Waals surface area contributed by atoms with Crippen LogP contribution in [0.5, 0.6) is 0 Å². The predicted molar refractivity (Wildman–Crippen MR) is 116 cm³/mol. The number of aliphatic carboxylic acids is 2. The van der Waals surface area contributed by atoms with Crippen LogP contribution in [0.3, 0.4) is 0 Å². The highest BCUT2D eigenvalue weighted by molar-refractivity contribution is 5.94. The summed E-state index contributed by atoms with van der Waals surface area (Å²) in [4.78, 5) is 63.2. The topological polar surface area (TPSA) is 273 Å².